The van der Waals surface area contributed by atoms with Crippen molar-refractivity contribution in [1.29, 1.82) is 0 Å². The first-order chi connectivity index (χ1) is 6.33. The Morgan fingerprint density at radius 2 is 2.31 bits per heavy atom. The van der Waals surface area contributed by atoms with Crippen LogP contribution in [0.3, 0.4) is 0 Å². The summed E-state index contributed by atoms with van der Waals surface area (Å²) < 4.78 is 0. The molecule has 1 nitrogen and oxygen atoms in total. The molecule has 0 heterocycles. The molecular weight excluding hydrogens is 158 g/mol. The van der Waals surface area contributed by atoms with Gasteiger partial charge in [-0.3, -0.25) is 0 Å². The van der Waals surface area contributed by atoms with Gasteiger partial charge in [-0.2, -0.15) is 0 Å². The highest BCUT2D eigenvalue weighted by Gasteiger charge is 2.20. The molecule has 70 valence electrons. The van der Waals surface area contributed by atoms with E-state index in [4.69, 9.17) is 5.73 Å². The van der Waals surface area contributed by atoms with Crippen molar-refractivity contribution in [1.82, 2.24) is 0 Å². The molecule has 0 aliphatic heterocycles. The summed E-state index contributed by atoms with van der Waals surface area (Å²) in [7, 11) is 0. The van der Waals surface area contributed by atoms with E-state index in [0.29, 0.717) is 6.04 Å². The summed E-state index contributed by atoms with van der Waals surface area (Å²) in [5, 5.41) is 0. The summed E-state index contributed by atoms with van der Waals surface area (Å²) in [5.74, 6) is 0. The lowest BCUT2D eigenvalue weighted by atomic mass is 9.99. The second-order valence-electron chi connectivity index (χ2n) is 3.88. The van der Waals surface area contributed by atoms with Gasteiger partial charge in [-0.1, -0.05) is 31.5 Å². The van der Waals surface area contributed by atoms with E-state index in [9.17, 15) is 0 Å². The average Bonchev–Trinajstić information content (AvgIpc) is 2.50. The molecule has 0 unspecified atom stereocenters. The molecular formula is C12H17N. The fraction of sp³-hybridized carbons (Fsp3) is 0.500. The summed E-state index contributed by atoms with van der Waals surface area (Å²) in [4.78, 5) is 0. The number of hydrogen-bond acceptors (Lipinski definition) is 1. The minimum absolute atomic E-state index is 0.298. The molecule has 0 amide bonds. The van der Waals surface area contributed by atoms with Gasteiger partial charge in [0.1, 0.15) is 0 Å². The van der Waals surface area contributed by atoms with Crippen LogP contribution in [0.25, 0.3) is 0 Å². The van der Waals surface area contributed by atoms with Gasteiger partial charge in [-0.15, -0.1) is 0 Å². The molecule has 0 spiro atoms. The van der Waals surface area contributed by atoms with Crippen LogP contribution in [0.2, 0.25) is 0 Å². The summed E-state index contributed by atoms with van der Waals surface area (Å²) >= 11 is 0. The van der Waals surface area contributed by atoms with Gasteiger partial charge in [-0.25, -0.2) is 0 Å². The van der Waals surface area contributed by atoms with Crippen LogP contribution in [0.15, 0.2) is 18.2 Å². The summed E-state index contributed by atoms with van der Waals surface area (Å²) in [6.07, 6.45) is 4.75. The highest BCUT2D eigenvalue weighted by Crippen LogP contribution is 2.31. The lowest BCUT2D eigenvalue weighted by molar-refractivity contribution is 0.713. The van der Waals surface area contributed by atoms with Crippen LogP contribution in [0.4, 0.5) is 0 Å². The Balaban J connectivity index is 2.38. The van der Waals surface area contributed by atoms with E-state index in [-0.39, 0.29) is 0 Å². The quantitative estimate of drug-likeness (QED) is 0.734. The molecule has 1 aromatic carbocycles. The molecule has 13 heavy (non-hydrogen) atoms. The van der Waals surface area contributed by atoms with Crippen LogP contribution < -0.4 is 5.73 Å². The Kier molecular flexibility index (Phi) is 2.36. The molecule has 0 radical (unpaired) electrons. The third-order valence-corrected chi connectivity index (χ3v) is 2.93. The van der Waals surface area contributed by atoms with Crippen molar-refractivity contribution in [3.63, 3.8) is 0 Å². The number of nitrogens with two attached hydrogens (primary N) is 1. The number of fused-ring (bicyclic) bond motifs is 1. The van der Waals surface area contributed by atoms with Crippen LogP contribution in [-0.4, -0.2) is 0 Å². The highest BCUT2D eigenvalue weighted by atomic mass is 14.6. The minimum atomic E-state index is 0.298. The Labute approximate surface area is 80.0 Å². The van der Waals surface area contributed by atoms with Crippen molar-refractivity contribution in [3.05, 3.63) is 34.9 Å². The van der Waals surface area contributed by atoms with Gasteiger partial charge in [0.05, 0.1) is 0 Å². The molecule has 0 saturated heterocycles. The Morgan fingerprint density at radius 1 is 1.46 bits per heavy atom. The predicted molar refractivity (Wildman–Crippen MR) is 55.7 cm³/mol. The first kappa shape index (κ1) is 8.76. The fourth-order valence-electron chi connectivity index (χ4n) is 2.27. The zero-order valence-corrected chi connectivity index (χ0v) is 8.22. The molecule has 0 aromatic heterocycles. The Morgan fingerprint density at radius 3 is 3.08 bits per heavy atom. The second-order valence-corrected chi connectivity index (χ2v) is 3.88. The number of rotatable bonds is 2. The molecule has 1 aliphatic rings. The number of aryl methyl sites for hydroxylation is 1. The molecule has 1 atom stereocenters. The van der Waals surface area contributed by atoms with Crippen molar-refractivity contribution < 1.29 is 0 Å². The number of hydrogen-bond donors (Lipinski definition) is 1. The first-order valence-electron chi connectivity index (χ1n) is 5.19. The Bertz CT molecular complexity index is 304. The Hall–Kier alpha value is -0.820. The summed E-state index contributed by atoms with van der Waals surface area (Å²) in [5.41, 5.74) is 10.5. The van der Waals surface area contributed by atoms with Gasteiger partial charge in [0.2, 0.25) is 0 Å². The largest absolute Gasteiger partial charge is 0.324 e. The standard InChI is InChI=1S/C12H17N/c1-2-4-9-5-3-6-11-10(9)7-8-12(11)13/h3,5-6,12H,2,4,7-8,13H2,1H3/t12-/m1/s1. The van der Waals surface area contributed by atoms with Gasteiger partial charge in [-0.05, 0) is 36.0 Å². The minimum Gasteiger partial charge on any atom is -0.324 e. The van der Waals surface area contributed by atoms with E-state index in [0.717, 1.165) is 6.42 Å². The monoisotopic (exact) mass is 175 g/mol. The topological polar surface area (TPSA) is 26.0 Å². The molecule has 2 rings (SSSR count). The van der Waals surface area contributed by atoms with Crippen molar-refractivity contribution in [2.24, 2.45) is 5.73 Å². The van der Waals surface area contributed by atoms with Crippen molar-refractivity contribution in [2.75, 3.05) is 0 Å². The lowest BCUT2D eigenvalue weighted by Gasteiger charge is -2.08. The normalized spacial score (nSPS) is 20.3. The highest BCUT2D eigenvalue weighted by molar-refractivity contribution is 5.40. The molecule has 1 aliphatic carbocycles. The zero-order valence-electron chi connectivity index (χ0n) is 8.22. The van der Waals surface area contributed by atoms with Crippen molar-refractivity contribution in [3.8, 4) is 0 Å². The zero-order chi connectivity index (χ0) is 9.26. The summed E-state index contributed by atoms with van der Waals surface area (Å²) in [6.45, 7) is 2.23. The lowest BCUT2D eigenvalue weighted by Crippen LogP contribution is -2.05. The van der Waals surface area contributed by atoms with E-state index in [2.05, 4.69) is 25.1 Å². The molecule has 1 aromatic rings. The predicted octanol–water partition coefficient (Wildman–Crippen LogP) is 2.59. The molecule has 0 bridgehead atoms. The van der Waals surface area contributed by atoms with Crippen LogP contribution in [0, 0.1) is 0 Å². The van der Waals surface area contributed by atoms with E-state index < -0.39 is 0 Å². The van der Waals surface area contributed by atoms with E-state index in [1.165, 1.54) is 36.0 Å². The molecule has 0 fully saturated rings. The second kappa shape index (κ2) is 3.51. The van der Waals surface area contributed by atoms with Crippen LogP contribution in [-0.2, 0) is 12.8 Å². The average molecular weight is 175 g/mol. The smallest absolute Gasteiger partial charge is 0.0300 e. The third-order valence-electron chi connectivity index (χ3n) is 2.93. The van der Waals surface area contributed by atoms with Crippen LogP contribution >= 0.6 is 0 Å². The van der Waals surface area contributed by atoms with Crippen LogP contribution in [0.1, 0.15) is 42.5 Å². The van der Waals surface area contributed by atoms with Gasteiger partial charge in [0.25, 0.3) is 0 Å². The fourth-order valence-corrected chi connectivity index (χ4v) is 2.27. The number of benzene rings is 1. The molecule has 2 N–H and O–H groups in total. The maximum Gasteiger partial charge on any atom is 0.0300 e. The SMILES string of the molecule is CCCc1cccc2c1CC[C@H]2N. The van der Waals surface area contributed by atoms with Crippen molar-refractivity contribution >= 4 is 0 Å². The third kappa shape index (κ3) is 1.49. The van der Waals surface area contributed by atoms with Crippen LogP contribution in [0.5, 0.6) is 0 Å². The molecule has 1 heteroatoms. The van der Waals surface area contributed by atoms with E-state index in [1.807, 2.05) is 0 Å². The van der Waals surface area contributed by atoms with Gasteiger partial charge in [0.15, 0.2) is 0 Å². The maximum atomic E-state index is 6.01. The maximum absolute atomic E-state index is 6.01. The molecule has 0 saturated carbocycles. The van der Waals surface area contributed by atoms with Gasteiger partial charge >= 0.3 is 0 Å². The van der Waals surface area contributed by atoms with Crippen molar-refractivity contribution in [2.45, 2.75) is 38.6 Å². The van der Waals surface area contributed by atoms with E-state index >= 15 is 0 Å². The van der Waals surface area contributed by atoms with Gasteiger partial charge < -0.3 is 5.73 Å². The summed E-state index contributed by atoms with van der Waals surface area (Å²) in [6, 6.07) is 6.88. The first-order valence-corrected chi connectivity index (χ1v) is 5.19. The van der Waals surface area contributed by atoms with E-state index in [1.54, 1.807) is 0 Å². The van der Waals surface area contributed by atoms with Gasteiger partial charge in [0, 0.05) is 6.04 Å².